The van der Waals surface area contributed by atoms with Crippen molar-refractivity contribution in [2.45, 2.75) is 4.90 Å². The summed E-state index contributed by atoms with van der Waals surface area (Å²) in [6.45, 7) is 0. The lowest BCUT2D eigenvalue weighted by molar-refractivity contribution is 0.101. The number of methoxy groups -OCH3 is 2. The Hall–Kier alpha value is -2.67. The smallest absolute Gasteiger partial charge is 0.255 e. The molecule has 3 aromatic carbocycles. The molecule has 0 spiro atoms. The van der Waals surface area contributed by atoms with Crippen LogP contribution in [-0.4, -0.2) is 31.7 Å². The summed E-state index contributed by atoms with van der Waals surface area (Å²) in [5, 5.41) is 3.66. The fourth-order valence-corrected chi connectivity index (χ4v) is 4.05. The Bertz CT molecular complexity index is 1100. The number of anilines is 1. The van der Waals surface area contributed by atoms with Gasteiger partial charge in [0.05, 0.1) is 25.0 Å². The lowest BCUT2D eigenvalue weighted by atomic mass is 10.1. The molecule has 0 fully saturated rings. The van der Waals surface area contributed by atoms with Crippen LogP contribution in [0.3, 0.4) is 0 Å². The summed E-state index contributed by atoms with van der Waals surface area (Å²) in [7, 11) is 3.05. The number of carbonyl (C=O) groups excluding carboxylic acids is 2. The Balaban J connectivity index is 1.60. The van der Waals surface area contributed by atoms with E-state index < -0.39 is 0 Å². The van der Waals surface area contributed by atoms with Crippen LogP contribution in [0.5, 0.6) is 11.5 Å². The number of ketones is 1. The number of nitrogens with one attached hydrogen (secondary N) is 1. The van der Waals surface area contributed by atoms with Gasteiger partial charge < -0.3 is 14.8 Å². The van der Waals surface area contributed by atoms with Crippen LogP contribution in [0.1, 0.15) is 20.7 Å². The molecule has 0 unspecified atom stereocenters. The molecular weight excluding hydrogens is 457 g/mol. The minimum atomic E-state index is -0.270. The van der Waals surface area contributed by atoms with Gasteiger partial charge in [0, 0.05) is 26.7 Å². The summed E-state index contributed by atoms with van der Waals surface area (Å²) in [5.41, 5.74) is 1.52. The third kappa shape index (κ3) is 5.94. The van der Waals surface area contributed by atoms with E-state index in [-0.39, 0.29) is 17.4 Å². The molecule has 31 heavy (non-hydrogen) atoms. The topological polar surface area (TPSA) is 64.6 Å². The highest BCUT2D eigenvalue weighted by atomic mass is 35.5. The number of amides is 1. The van der Waals surface area contributed by atoms with Crippen LogP contribution in [0.25, 0.3) is 0 Å². The van der Waals surface area contributed by atoms with Gasteiger partial charge in [0.2, 0.25) is 0 Å². The van der Waals surface area contributed by atoms with Crippen molar-refractivity contribution in [3.63, 3.8) is 0 Å². The third-order valence-corrected chi connectivity index (χ3v) is 5.92. The van der Waals surface area contributed by atoms with Crippen molar-refractivity contribution in [1.29, 1.82) is 0 Å². The molecule has 0 saturated carbocycles. The molecule has 0 aliphatic heterocycles. The molecule has 8 heteroatoms. The molecule has 3 rings (SSSR count). The van der Waals surface area contributed by atoms with E-state index in [1.807, 2.05) is 12.1 Å². The van der Waals surface area contributed by atoms with E-state index in [0.29, 0.717) is 38.4 Å². The minimum absolute atomic E-state index is 0.0856. The number of ether oxygens (including phenoxy) is 2. The van der Waals surface area contributed by atoms with E-state index in [0.717, 1.165) is 4.90 Å². The van der Waals surface area contributed by atoms with Gasteiger partial charge in [-0.3, -0.25) is 9.59 Å². The van der Waals surface area contributed by atoms with Crippen LogP contribution in [0, 0.1) is 0 Å². The van der Waals surface area contributed by atoms with E-state index in [9.17, 15) is 9.59 Å². The van der Waals surface area contributed by atoms with Gasteiger partial charge in [-0.25, -0.2) is 0 Å². The Morgan fingerprint density at radius 3 is 2.26 bits per heavy atom. The van der Waals surface area contributed by atoms with E-state index in [2.05, 4.69) is 5.32 Å². The van der Waals surface area contributed by atoms with Crippen LogP contribution in [-0.2, 0) is 0 Å². The summed E-state index contributed by atoms with van der Waals surface area (Å²) in [4.78, 5) is 25.8. The first-order valence-electron chi connectivity index (χ1n) is 9.15. The molecule has 1 N–H and O–H groups in total. The molecule has 0 aliphatic rings. The zero-order chi connectivity index (χ0) is 22.4. The maximum atomic E-state index is 12.5. The van der Waals surface area contributed by atoms with Gasteiger partial charge in [0.15, 0.2) is 17.3 Å². The molecular formula is C23H19Cl2NO4S. The van der Waals surface area contributed by atoms with Crippen molar-refractivity contribution in [2.24, 2.45) is 0 Å². The van der Waals surface area contributed by atoms with Crippen LogP contribution < -0.4 is 14.8 Å². The highest BCUT2D eigenvalue weighted by Gasteiger charge is 2.13. The van der Waals surface area contributed by atoms with Crippen molar-refractivity contribution in [3.8, 4) is 11.5 Å². The zero-order valence-corrected chi connectivity index (χ0v) is 19.1. The van der Waals surface area contributed by atoms with Crippen molar-refractivity contribution >= 4 is 52.3 Å². The van der Waals surface area contributed by atoms with Crippen LogP contribution in [0.15, 0.2) is 65.6 Å². The molecule has 0 radical (unpaired) electrons. The second kappa shape index (κ2) is 10.6. The van der Waals surface area contributed by atoms with Crippen LogP contribution >= 0.6 is 35.0 Å². The normalized spacial score (nSPS) is 10.5. The summed E-state index contributed by atoms with van der Waals surface area (Å²) < 4.78 is 10.4. The molecule has 1 amide bonds. The SMILES string of the molecule is COc1ccc(C(=O)Nc2ccc(SCC(=O)c3ccc(Cl)cc3Cl)cc2)cc1OC. The summed E-state index contributed by atoms with van der Waals surface area (Å²) in [5.74, 6) is 0.909. The summed E-state index contributed by atoms with van der Waals surface area (Å²) in [6, 6.07) is 17.0. The van der Waals surface area contributed by atoms with Crippen molar-refractivity contribution in [1.82, 2.24) is 0 Å². The predicted octanol–water partition coefficient (Wildman–Crippen LogP) is 6.24. The summed E-state index contributed by atoms with van der Waals surface area (Å²) in [6.07, 6.45) is 0. The number of rotatable bonds is 8. The fraction of sp³-hybridized carbons (Fsp3) is 0.130. The van der Waals surface area contributed by atoms with Crippen LogP contribution in [0.4, 0.5) is 5.69 Å². The van der Waals surface area contributed by atoms with Crippen molar-refractivity contribution < 1.29 is 19.1 Å². The molecule has 160 valence electrons. The largest absolute Gasteiger partial charge is 0.493 e. The first-order valence-corrected chi connectivity index (χ1v) is 10.9. The fourth-order valence-electron chi connectivity index (χ4n) is 2.76. The number of hydrogen-bond donors (Lipinski definition) is 1. The molecule has 0 bridgehead atoms. The van der Waals surface area contributed by atoms with Gasteiger partial charge in [-0.1, -0.05) is 23.2 Å². The van der Waals surface area contributed by atoms with Crippen molar-refractivity contribution in [2.75, 3.05) is 25.3 Å². The standard InChI is InChI=1S/C23H19Cl2NO4S/c1-29-21-10-3-14(11-22(21)30-2)23(28)26-16-5-7-17(8-6-16)31-13-20(27)18-9-4-15(24)12-19(18)25/h3-12H,13H2,1-2H3,(H,26,28). The van der Waals surface area contributed by atoms with Gasteiger partial charge in [-0.15, -0.1) is 11.8 Å². The number of carbonyl (C=O) groups is 2. The summed E-state index contributed by atoms with van der Waals surface area (Å²) >= 11 is 13.3. The third-order valence-electron chi connectivity index (χ3n) is 4.36. The molecule has 3 aromatic rings. The Morgan fingerprint density at radius 2 is 1.61 bits per heavy atom. The van der Waals surface area contributed by atoms with Crippen molar-refractivity contribution in [3.05, 3.63) is 81.8 Å². The Labute approximate surface area is 194 Å². The van der Waals surface area contributed by atoms with Crippen LogP contribution in [0.2, 0.25) is 10.0 Å². The predicted molar refractivity (Wildman–Crippen MR) is 125 cm³/mol. The highest BCUT2D eigenvalue weighted by Crippen LogP contribution is 2.28. The number of benzene rings is 3. The van der Waals surface area contributed by atoms with E-state index in [4.69, 9.17) is 32.7 Å². The zero-order valence-electron chi connectivity index (χ0n) is 16.8. The number of hydrogen-bond acceptors (Lipinski definition) is 5. The quantitative estimate of drug-likeness (QED) is 0.308. The molecule has 5 nitrogen and oxygen atoms in total. The van der Waals surface area contributed by atoms with Gasteiger partial charge in [0.1, 0.15) is 0 Å². The second-order valence-electron chi connectivity index (χ2n) is 6.38. The Kier molecular flexibility index (Phi) is 7.85. The minimum Gasteiger partial charge on any atom is -0.493 e. The number of Topliss-reactive ketones (excluding diaryl/α,β-unsaturated/α-hetero) is 1. The Morgan fingerprint density at radius 1 is 0.903 bits per heavy atom. The van der Waals surface area contributed by atoms with Gasteiger partial charge in [-0.05, 0) is 60.7 Å². The molecule has 0 atom stereocenters. The molecule has 0 saturated heterocycles. The average Bonchev–Trinajstić information content (AvgIpc) is 2.77. The number of thioether (sulfide) groups is 1. The highest BCUT2D eigenvalue weighted by molar-refractivity contribution is 8.00. The number of halogens is 2. The lowest BCUT2D eigenvalue weighted by Crippen LogP contribution is -2.12. The monoisotopic (exact) mass is 475 g/mol. The van der Waals surface area contributed by atoms with Gasteiger partial charge >= 0.3 is 0 Å². The second-order valence-corrected chi connectivity index (χ2v) is 8.28. The first-order chi connectivity index (χ1) is 14.9. The first kappa shape index (κ1) is 23.0. The molecule has 0 aliphatic carbocycles. The molecule has 0 heterocycles. The lowest BCUT2D eigenvalue weighted by Gasteiger charge is -2.10. The average molecular weight is 476 g/mol. The maximum Gasteiger partial charge on any atom is 0.255 e. The van der Waals surface area contributed by atoms with Gasteiger partial charge in [-0.2, -0.15) is 0 Å². The van der Waals surface area contributed by atoms with Gasteiger partial charge in [0.25, 0.3) is 5.91 Å². The maximum absolute atomic E-state index is 12.5. The van der Waals surface area contributed by atoms with E-state index in [1.54, 1.807) is 48.5 Å². The molecule has 0 aromatic heterocycles. The van der Waals surface area contributed by atoms with E-state index >= 15 is 0 Å². The van der Waals surface area contributed by atoms with E-state index in [1.165, 1.54) is 26.0 Å².